The summed E-state index contributed by atoms with van der Waals surface area (Å²) in [6.45, 7) is 5.87. The number of esters is 1. The summed E-state index contributed by atoms with van der Waals surface area (Å²) >= 11 is 6.25. The molecule has 1 aliphatic heterocycles. The standard InChI is InChI=1S/C25H28ClF3N6O3/c1-16(2)13-35(22-20(26)12-31-21(11-30)32-22)33-23(36)19-5-3-4-18(10-19)14-34-8-6-17(7-9-34)15-38-24(37)25(27,28)29/h3-5,10,12,16-17H,6-9,13-15H2,1-2H3,(H,33,36). The van der Waals surface area contributed by atoms with Crippen molar-refractivity contribution in [2.45, 2.75) is 39.4 Å². The quantitative estimate of drug-likeness (QED) is 0.365. The maximum Gasteiger partial charge on any atom is 0.490 e. The van der Waals surface area contributed by atoms with Gasteiger partial charge >= 0.3 is 12.1 Å². The van der Waals surface area contributed by atoms with Crippen LogP contribution in [0.5, 0.6) is 0 Å². The average Bonchev–Trinajstić information content (AvgIpc) is 2.87. The molecule has 0 bridgehead atoms. The molecule has 0 radical (unpaired) electrons. The van der Waals surface area contributed by atoms with Gasteiger partial charge in [-0.1, -0.05) is 37.6 Å². The summed E-state index contributed by atoms with van der Waals surface area (Å²) in [7, 11) is 0. The molecule has 0 atom stereocenters. The Morgan fingerprint density at radius 1 is 1.32 bits per heavy atom. The Labute approximate surface area is 223 Å². The van der Waals surface area contributed by atoms with Crippen molar-refractivity contribution in [3.8, 4) is 6.07 Å². The smallest absolute Gasteiger partial charge is 0.459 e. The second kappa shape index (κ2) is 12.9. The van der Waals surface area contributed by atoms with Gasteiger partial charge in [-0.2, -0.15) is 23.4 Å². The zero-order valence-electron chi connectivity index (χ0n) is 21.0. The number of hydrogen-bond acceptors (Lipinski definition) is 8. The molecule has 3 rings (SSSR count). The van der Waals surface area contributed by atoms with E-state index in [1.807, 2.05) is 26.0 Å². The van der Waals surface area contributed by atoms with E-state index in [-0.39, 0.29) is 41.0 Å². The number of nitrogens with zero attached hydrogens (tertiary/aromatic N) is 5. The zero-order valence-corrected chi connectivity index (χ0v) is 21.7. The van der Waals surface area contributed by atoms with Gasteiger partial charge in [0.25, 0.3) is 5.91 Å². The van der Waals surface area contributed by atoms with Crippen LogP contribution in [0.15, 0.2) is 30.5 Å². The van der Waals surface area contributed by atoms with Crippen molar-refractivity contribution in [3.05, 3.63) is 52.4 Å². The molecular formula is C25H28ClF3N6O3. The van der Waals surface area contributed by atoms with E-state index >= 15 is 0 Å². The molecule has 2 heterocycles. The largest absolute Gasteiger partial charge is 0.490 e. The lowest BCUT2D eigenvalue weighted by molar-refractivity contribution is -0.201. The lowest BCUT2D eigenvalue weighted by atomic mass is 9.97. The molecule has 2 aromatic rings. The number of hydrogen-bond donors (Lipinski definition) is 1. The van der Waals surface area contributed by atoms with Gasteiger partial charge in [0.1, 0.15) is 11.1 Å². The molecule has 38 heavy (non-hydrogen) atoms. The minimum absolute atomic E-state index is 0.0725. The third-order valence-corrected chi connectivity index (χ3v) is 6.12. The highest BCUT2D eigenvalue weighted by atomic mass is 35.5. The SMILES string of the molecule is CC(C)CN(NC(=O)c1cccc(CN2CCC(COC(=O)C(F)(F)F)CC2)c1)c1nc(C#N)ncc1Cl. The van der Waals surface area contributed by atoms with Crippen LogP contribution in [-0.2, 0) is 16.1 Å². The zero-order chi connectivity index (χ0) is 27.9. The van der Waals surface area contributed by atoms with Crippen molar-refractivity contribution in [2.24, 2.45) is 11.8 Å². The van der Waals surface area contributed by atoms with Crippen molar-refractivity contribution in [2.75, 3.05) is 31.3 Å². The minimum Gasteiger partial charge on any atom is -0.459 e. The average molecular weight is 553 g/mol. The first-order chi connectivity index (χ1) is 18.0. The normalized spacial score (nSPS) is 14.7. The first-order valence-electron chi connectivity index (χ1n) is 12.0. The number of benzene rings is 1. The van der Waals surface area contributed by atoms with Gasteiger partial charge in [-0.15, -0.1) is 0 Å². The Morgan fingerprint density at radius 2 is 2.03 bits per heavy atom. The molecule has 1 fully saturated rings. The first-order valence-corrected chi connectivity index (χ1v) is 12.4. The first kappa shape index (κ1) is 29.1. The number of halogens is 4. The molecule has 1 amide bonds. The van der Waals surface area contributed by atoms with Crippen LogP contribution in [0.3, 0.4) is 0 Å². The summed E-state index contributed by atoms with van der Waals surface area (Å²) in [5.74, 6) is -2.38. The van der Waals surface area contributed by atoms with Gasteiger partial charge in [0.15, 0.2) is 5.82 Å². The molecule has 9 nitrogen and oxygen atoms in total. The molecule has 204 valence electrons. The van der Waals surface area contributed by atoms with Crippen molar-refractivity contribution in [3.63, 3.8) is 0 Å². The molecule has 1 aromatic carbocycles. The van der Waals surface area contributed by atoms with Crippen LogP contribution in [0.2, 0.25) is 5.02 Å². The van der Waals surface area contributed by atoms with E-state index in [0.29, 0.717) is 44.6 Å². The highest BCUT2D eigenvalue weighted by Gasteiger charge is 2.41. The molecule has 1 saturated heterocycles. The molecule has 1 aliphatic rings. The van der Waals surface area contributed by atoms with Crippen molar-refractivity contribution in [1.82, 2.24) is 20.3 Å². The number of piperidine rings is 1. The number of nitrogens with one attached hydrogen (secondary N) is 1. The fourth-order valence-corrected chi connectivity index (χ4v) is 4.19. The fraction of sp³-hybridized carbons (Fsp3) is 0.480. The minimum atomic E-state index is -4.98. The Bertz CT molecular complexity index is 1180. The molecule has 13 heteroatoms. The topological polar surface area (TPSA) is 111 Å². The van der Waals surface area contributed by atoms with Crippen LogP contribution < -0.4 is 10.4 Å². The maximum absolute atomic E-state index is 13.1. The molecular weight excluding hydrogens is 525 g/mol. The maximum atomic E-state index is 13.1. The Morgan fingerprint density at radius 3 is 2.66 bits per heavy atom. The number of nitriles is 1. The number of rotatable bonds is 9. The number of carbonyl (C=O) groups is 2. The molecule has 0 unspecified atom stereocenters. The molecule has 0 saturated carbocycles. The lowest BCUT2D eigenvalue weighted by Gasteiger charge is -2.31. The van der Waals surface area contributed by atoms with Gasteiger partial charge in [0.05, 0.1) is 12.8 Å². The van der Waals surface area contributed by atoms with E-state index in [2.05, 4.69) is 25.0 Å². The predicted molar refractivity (Wildman–Crippen MR) is 133 cm³/mol. The van der Waals surface area contributed by atoms with Crippen molar-refractivity contribution < 1.29 is 27.5 Å². The molecule has 1 aromatic heterocycles. The second-order valence-electron chi connectivity index (χ2n) is 9.44. The molecule has 1 N–H and O–H groups in total. The van der Waals surface area contributed by atoms with Gasteiger partial charge in [0.2, 0.25) is 5.82 Å². The van der Waals surface area contributed by atoms with Gasteiger partial charge in [-0.25, -0.2) is 9.78 Å². The number of likely N-dealkylation sites (tertiary alicyclic amines) is 1. The monoisotopic (exact) mass is 552 g/mol. The van der Waals surface area contributed by atoms with E-state index < -0.39 is 12.1 Å². The van der Waals surface area contributed by atoms with Gasteiger partial charge < -0.3 is 4.74 Å². The van der Waals surface area contributed by atoms with Crippen LogP contribution in [0.25, 0.3) is 0 Å². The number of alkyl halides is 3. The third kappa shape index (κ3) is 8.29. The van der Waals surface area contributed by atoms with E-state index in [9.17, 15) is 22.8 Å². The summed E-state index contributed by atoms with van der Waals surface area (Å²) in [6.07, 6.45) is -2.48. The Balaban J connectivity index is 1.60. The van der Waals surface area contributed by atoms with E-state index in [0.717, 1.165) is 5.56 Å². The van der Waals surface area contributed by atoms with Crippen LogP contribution in [-0.4, -0.2) is 59.2 Å². The van der Waals surface area contributed by atoms with Crippen LogP contribution in [0, 0.1) is 23.2 Å². The number of ether oxygens (including phenoxy) is 1. The van der Waals surface area contributed by atoms with Gasteiger partial charge in [-0.05, 0) is 55.5 Å². The number of amides is 1. The van der Waals surface area contributed by atoms with Crippen molar-refractivity contribution >= 4 is 29.3 Å². The Kier molecular flexibility index (Phi) is 9.88. The highest BCUT2D eigenvalue weighted by molar-refractivity contribution is 6.32. The van der Waals surface area contributed by atoms with Crippen molar-refractivity contribution in [1.29, 1.82) is 5.26 Å². The Hall–Kier alpha value is -3.43. The lowest BCUT2D eigenvalue weighted by Crippen LogP contribution is -2.45. The van der Waals surface area contributed by atoms with Gasteiger partial charge in [-0.3, -0.25) is 20.1 Å². The summed E-state index contributed by atoms with van der Waals surface area (Å²) in [5, 5.41) is 10.8. The van der Waals surface area contributed by atoms with E-state index in [1.54, 1.807) is 18.2 Å². The second-order valence-corrected chi connectivity index (χ2v) is 9.85. The van der Waals surface area contributed by atoms with Gasteiger partial charge in [0, 0.05) is 18.7 Å². The predicted octanol–water partition coefficient (Wildman–Crippen LogP) is 4.13. The van der Waals surface area contributed by atoms with E-state index in [1.165, 1.54) is 11.2 Å². The fourth-order valence-electron chi connectivity index (χ4n) is 3.99. The van der Waals surface area contributed by atoms with E-state index in [4.69, 9.17) is 16.9 Å². The summed E-state index contributed by atoms with van der Waals surface area (Å²) in [4.78, 5) is 34.2. The summed E-state index contributed by atoms with van der Waals surface area (Å²) < 4.78 is 41.3. The third-order valence-electron chi connectivity index (χ3n) is 5.85. The summed E-state index contributed by atoms with van der Waals surface area (Å²) in [6, 6.07) is 8.96. The van der Waals surface area contributed by atoms with Crippen LogP contribution >= 0.6 is 11.6 Å². The molecule has 0 aliphatic carbocycles. The number of anilines is 1. The van der Waals surface area contributed by atoms with Crippen LogP contribution in [0.1, 0.15) is 48.4 Å². The number of aromatic nitrogens is 2. The number of hydrazine groups is 1. The molecule has 0 spiro atoms. The highest BCUT2D eigenvalue weighted by Crippen LogP contribution is 2.24. The number of carbonyl (C=O) groups excluding carboxylic acids is 2. The summed E-state index contributed by atoms with van der Waals surface area (Å²) in [5.41, 5.74) is 4.12. The van der Waals surface area contributed by atoms with Crippen LogP contribution in [0.4, 0.5) is 19.0 Å².